The summed E-state index contributed by atoms with van der Waals surface area (Å²) < 4.78 is 0. The summed E-state index contributed by atoms with van der Waals surface area (Å²) in [5.74, 6) is -0.668. The second-order valence-corrected chi connectivity index (χ2v) is 15.4. The van der Waals surface area contributed by atoms with Crippen molar-refractivity contribution in [3.05, 3.63) is 101 Å². The summed E-state index contributed by atoms with van der Waals surface area (Å²) in [5, 5.41) is 11.7. The fourth-order valence-corrected chi connectivity index (χ4v) is 8.25. The molecule has 5 aromatic rings. The standard InChI is InChI=1S/C41H49ClN10O3S/c1-52-35(20-28-23-47-32-10-3-2-9-30(28)32)39(54)50-24-29-18-27(25-13-14-36(45)49-21-25)19-31(42)37(29)56-40-26(8-7-17-46-40)22-48-33(12-6-16-44)38(53)51-34(41(52)55)11-4-5-15-43/h2-3,7-10,13-14,17-19,21,23,33-35,47-48H,4-6,11-12,15-16,20,22,24,43-44H2,1H3,(H2,45,49)(H,50,54)(H,51,53)/t33-,34-,35-/m0/s1. The maximum Gasteiger partial charge on any atom is 0.245 e. The van der Waals surface area contributed by atoms with Gasteiger partial charge in [0.15, 0.2) is 0 Å². The Hall–Kier alpha value is -4.99. The quantitative estimate of drug-likeness (QED) is 0.0983. The van der Waals surface area contributed by atoms with Crippen molar-refractivity contribution in [3.63, 3.8) is 0 Å². The van der Waals surface area contributed by atoms with E-state index in [-0.39, 0.29) is 30.7 Å². The lowest BCUT2D eigenvalue weighted by Gasteiger charge is -2.32. The van der Waals surface area contributed by atoms with Crippen LogP contribution in [-0.2, 0) is 33.9 Å². The highest BCUT2D eigenvalue weighted by atomic mass is 35.5. The van der Waals surface area contributed by atoms with E-state index in [9.17, 15) is 14.4 Å². The number of hydrogen-bond acceptors (Lipinski definition) is 10. The second kappa shape index (κ2) is 19.2. The number of anilines is 1. The van der Waals surface area contributed by atoms with E-state index in [1.165, 1.54) is 16.7 Å². The van der Waals surface area contributed by atoms with E-state index in [1.54, 1.807) is 25.5 Å². The summed E-state index contributed by atoms with van der Waals surface area (Å²) in [6, 6.07) is 16.5. The van der Waals surface area contributed by atoms with Crippen molar-refractivity contribution in [2.24, 2.45) is 11.5 Å². The monoisotopic (exact) mass is 796 g/mol. The molecule has 294 valence electrons. The van der Waals surface area contributed by atoms with Gasteiger partial charge >= 0.3 is 0 Å². The molecule has 3 amide bonds. The molecule has 0 fully saturated rings. The summed E-state index contributed by atoms with van der Waals surface area (Å²) >= 11 is 8.47. The van der Waals surface area contributed by atoms with Crippen LogP contribution in [0.1, 0.15) is 48.8 Å². The number of fused-ring (bicyclic) bond motifs is 3. The molecule has 0 aliphatic carbocycles. The molecule has 13 nitrogen and oxygen atoms in total. The number of pyridine rings is 2. The maximum atomic E-state index is 14.6. The number of carbonyl (C=O) groups is 3. The molecule has 2 aromatic carbocycles. The van der Waals surface area contributed by atoms with Gasteiger partial charge in [-0.15, -0.1) is 0 Å². The summed E-state index contributed by atoms with van der Waals surface area (Å²) in [5.41, 5.74) is 22.6. The van der Waals surface area contributed by atoms with E-state index in [4.69, 9.17) is 33.8 Å². The molecule has 0 radical (unpaired) electrons. The molecule has 1 aliphatic heterocycles. The van der Waals surface area contributed by atoms with Crippen molar-refractivity contribution in [1.29, 1.82) is 0 Å². The normalized spacial score (nSPS) is 18.5. The van der Waals surface area contributed by atoms with Crippen molar-refractivity contribution in [1.82, 2.24) is 35.8 Å². The number of hydrogen-bond donors (Lipinski definition) is 7. The van der Waals surface area contributed by atoms with Crippen LogP contribution in [-0.4, -0.2) is 75.8 Å². The zero-order chi connectivity index (χ0) is 39.6. The largest absolute Gasteiger partial charge is 0.384 e. The highest BCUT2D eigenvalue weighted by molar-refractivity contribution is 7.99. The molecule has 0 spiro atoms. The van der Waals surface area contributed by atoms with Gasteiger partial charge in [0.05, 0.1) is 11.1 Å². The molecule has 0 unspecified atom stereocenters. The van der Waals surface area contributed by atoms with Gasteiger partial charge in [-0.05, 0) is 104 Å². The van der Waals surface area contributed by atoms with Crippen molar-refractivity contribution in [3.8, 4) is 11.1 Å². The van der Waals surface area contributed by atoms with Crippen LogP contribution >= 0.6 is 23.4 Å². The van der Waals surface area contributed by atoms with Gasteiger partial charge in [-0.1, -0.05) is 47.6 Å². The number of H-pyrrole nitrogens is 1. The van der Waals surface area contributed by atoms with Crippen molar-refractivity contribution in [2.75, 3.05) is 25.9 Å². The number of aromatic amines is 1. The molecule has 15 heteroatoms. The molecular weight excluding hydrogens is 748 g/mol. The van der Waals surface area contributed by atoms with Gasteiger partial charge in [0.1, 0.15) is 22.9 Å². The lowest BCUT2D eigenvalue weighted by atomic mass is 10.0. The first kappa shape index (κ1) is 40.7. The molecular formula is C41H49ClN10O3S. The third kappa shape index (κ3) is 9.87. The van der Waals surface area contributed by atoms with Crippen molar-refractivity contribution < 1.29 is 14.4 Å². The smallest absolute Gasteiger partial charge is 0.245 e. The van der Waals surface area contributed by atoms with E-state index in [0.717, 1.165) is 38.7 Å². The number of nitrogens with two attached hydrogens (primary N) is 3. The third-order valence-electron chi connectivity index (χ3n) is 10.1. The molecule has 56 heavy (non-hydrogen) atoms. The minimum atomic E-state index is -0.934. The summed E-state index contributed by atoms with van der Waals surface area (Å²) in [6.07, 6.45) is 8.17. The fourth-order valence-electron chi connectivity index (χ4n) is 6.90. The third-order valence-corrected chi connectivity index (χ3v) is 11.7. The highest BCUT2D eigenvalue weighted by Crippen LogP contribution is 2.40. The Bertz CT molecular complexity index is 2150. The minimum absolute atomic E-state index is 0.0990. The fraction of sp³-hybridized carbons (Fsp3) is 0.341. The van der Waals surface area contributed by atoms with Gasteiger partial charge < -0.3 is 43.0 Å². The number of nitrogens with one attached hydrogen (secondary N) is 4. The molecule has 0 saturated heterocycles. The number of amides is 3. The molecule has 4 heterocycles. The van der Waals surface area contributed by atoms with E-state index in [2.05, 4.69) is 25.9 Å². The summed E-state index contributed by atoms with van der Waals surface area (Å²) in [6.45, 7) is 1.26. The van der Waals surface area contributed by atoms with Crippen molar-refractivity contribution in [2.45, 2.75) is 79.7 Å². The minimum Gasteiger partial charge on any atom is -0.384 e. The number of nitrogens with zero attached hydrogens (tertiary/aromatic N) is 3. The van der Waals surface area contributed by atoms with Gasteiger partial charge in [-0.2, -0.15) is 0 Å². The molecule has 3 aromatic heterocycles. The number of benzene rings is 2. The number of likely N-dealkylation sites (N-methyl/N-ethyl adjacent to an activating group) is 1. The van der Waals surface area contributed by atoms with Crippen LogP contribution in [0.25, 0.3) is 22.0 Å². The number of para-hydroxylation sites is 1. The highest BCUT2D eigenvalue weighted by Gasteiger charge is 2.34. The Morgan fingerprint density at radius 2 is 1.68 bits per heavy atom. The predicted molar refractivity (Wildman–Crippen MR) is 222 cm³/mol. The predicted octanol–water partition coefficient (Wildman–Crippen LogP) is 4.52. The SMILES string of the molecule is CN1C(=O)[C@H](CCCCN)NC(=O)[C@H](CCCN)NCc2cccnc2Sc2c(Cl)cc(-c3ccc(N)nc3)cc2CNC(=O)[C@@H]1Cc1c[nH]c2ccccc12. The first-order valence-corrected chi connectivity index (χ1v) is 20.1. The van der Waals surface area contributed by atoms with Crippen LogP contribution < -0.4 is 33.2 Å². The topological polar surface area (TPSA) is 210 Å². The molecule has 6 rings (SSSR count). The van der Waals surface area contributed by atoms with E-state index < -0.39 is 18.1 Å². The molecule has 3 atom stereocenters. The molecule has 0 bridgehead atoms. The maximum absolute atomic E-state index is 14.6. The summed E-state index contributed by atoms with van der Waals surface area (Å²) in [7, 11) is 1.62. The lowest BCUT2D eigenvalue weighted by Crippen LogP contribution is -2.57. The average molecular weight is 797 g/mol. The summed E-state index contributed by atoms with van der Waals surface area (Å²) in [4.78, 5) is 57.6. The zero-order valence-electron chi connectivity index (χ0n) is 31.4. The van der Waals surface area contributed by atoms with Crippen molar-refractivity contribution >= 4 is 57.8 Å². The number of carbonyl (C=O) groups excluding carboxylic acids is 3. The number of aromatic nitrogens is 3. The van der Waals surface area contributed by atoms with Gasteiger partial charge in [-0.3, -0.25) is 14.4 Å². The van der Waals surface area contributed by atoms with Gasteiger partial charge in [0, 0.05) is 66.5 Å². The first-order valence-electron chi connectivity index (χ1n) is 18.9. The molecule has 10 N–H and O–H groups in total. The van der Waals surface area contributed by atoms with E-state index >= 15 is 0 Å². The van der Waals surface area contributed by atoms with Gasteiger partial charge in [-0.25, -0.2) is 9.97 Å². The Morgan fingerprint density at radius 3 is 2.46 bits per heavy atom. The number of halogens is 1. The average Bonchev–Trinajstić information content (AvgIpc) is 3.62. The van der Waals surface area contributed by atoms with E-state index in [0.29, 0.717) is 72.5 Å². The number of rotatable bonds is 10. The second-order valence-electron chi connectivity index (χ2n) is 13.9. The molecule has 1 aliphatic rings. The van der Waals surface area contributed by atoms with E-state index in [1.807, 2.05) is 60.8 Å². The number of nitrogen functional groups attached to an aromatic ring is 1. The van der Waals surface area contributed by atoms with Gasteiger partial charge in [0.25, 0.3) is 0 Å². The first-order chi connectivity index (χ1) is 27.2. The van der Waals surface area contributed by atoms with Crippen LogP contribution in [0.5, 0.6) is 0 Å². The Labute approximate surface area is 335 Å². The van der Waals surface area contributed by atoms with Crippen LogP contribution in [0.15, 0.2) is 89.2 Å². The Morgan fingerprint density at radius 1 is 0.875 bits per heavy atom. The molecule has 0 saturated carbocycles. The Kier molecular flexibility index (Phi) is 14.0. The van der Waals surface area contributed by atoms with Crippen LogP contribution in [0.4, 0.5) is 5.82 Å². The zero-order valence-corrected chi connectivity index (χ0v) is 33.0. The van der Waals surface area contributed by atoms with Crippen LogP contribution in [0, 0.1) is 0 Å². The van der Waals surface area contributed by atoms with Gasteiger partial charge in [0.2, 0.25) is 17.7 Å². The lowest BCUT2D eigenvalue weighted by molar-refractivity contribution is -0.142. The van der Waals surface area contributed by atoms with Crippen LogP contribution in [0.2, 0.25) is 5.02 Å². The Balaban J connectivity index is 1.44. The number of unbranched alkanes of at least 4 members (excludes halogenated alkanes) is 1. The van der Waals surface area contributed by atoms with Crippen LogP contribution in [0.3, 0.4) is 0 Å².